The van der Waals surface area contributed by atoms with Crippen molar-refractivity contribution in [2.75, 3.05) is 18.6 Å². The predicted molar refractivity (Wildman–Crippen MR) is 74.1 cm³/mol. The monoisotopic (exact) mass is 240 g/mol. The van der Waals surface area contributed by atoms with Gasteiger partial charge in [-0.15, -0.1) is 0 Å². The molecule has 0 aromatic carbocycles. The lowest BCUT2D eigenvalue weighted by molar-refractivity contribution is 0.442. The first-order chi connectivity index (χ1) is 7.69. The van der Waals surface area contributed by atoms with Gasteiger partial charge in [0.25, 0.3) is 0 Å². The molecule has 3 heteroatoms. The summed E-state index contributed by atoms with van der Waals surface area (Å²) < 4.78 is 2.30. The molecule has 0 aliphatic heterocycles. The third-order valence-electron chi connectivity index (χ3n) is 2.81. The zero-order chi connectivity index (χ0) is 12.0. The van der Waals surface area contributed by atoms with Gasteiger partial charge in [-0.2, -0.15) is 11.8 Å². The Hall–Kier alpha value is -0.410. The quantitative estimate of drug-likeness (QED) is 0.737. The fourth-order valence-corrected chi connectivity index (χ4v) is 2.61. The molecule has 0 radical (unpaired) electrons. The van der Waals surface area contributed by atoms with Crippen LogP contribution in [0.5, 0.6) is 0 Å². The van der Waals surface area contributed by atoms with Gasteiger partial charge in [0.1, 0.15) is 0 Å². The van der Waals surface area contributed by atoms with E-state index < -0.39 is 0 Å². The Kier molecular flexibility index (Phi) is 5.99. The first-order valence-corrected chi connectivity index (χ1v) is 7.25. The lowest BCUT2D eigenvalue weighted by atomic mass is 9.99. The topological polar surface area (TPSA) is 17.0 Å². The van der Waals surface area contributed by atoms with Gasteiger partial charge in [-0.05, 0) is 30.3 Å². The summed E-state index contributed by atoms with van der Waals surface area (Å²) in [6.07, 6.45) is 4.47. The summed E-state index contributed by atoms with van der Waals surface area (Å²) in [6, 6.07) is 2.71. The van der Waals surface area contributed by atoms with E-state index in [0.29, 0.717) is 12.0 Å². The minimum atomic E-state index is 0.472. The maximum atomic E-state index is 3.38. The number of hydrogen-bond donors (Lipinski definition) is 1. The van der Waals surface area contributed by atoms with Crippen molar-refractivity contribution in [2.45, 2.75) is 33.4 Å². The normalized spacial score (nSPS) is 13.3. The fourth-order valence-electron chi connectivity index (χ4n) is 1.98. The van der Waals surface area contributed by atoms with Crippen LogP contribution in [0.25, 0.3) is 0 Å². The largest absolute Gasteiger partial charge is 0.353 e. The Balaban J connectivity index is 2.55. The highest BCUT2D eigenvalue weighted by Crippen LogP contribution is 2.21. The summed E-state index contributed by atoms with van der Waals surface area (Å²) in [4.78, 5) is 0. The van der Waals surface area contributed by atoms with Crippen LogP contribution in [0.2, 0.25) is 0 Å². The van der Waals surface area contributed by atoms with E-state index in [1.807, 2.05) is 18.8 Å². The number of rotatable bonds is 7. The van der Waals surface area contributed by atoms with E-state index in [2.05, 4.69) is 49.1 Å². The molecule has 1 unspecified atom stereocenters. The van der Waals surface area contributed by atoms with E-state index in [9.17, 15) is 0 Å². The van der Waals surface area contributed by atoms with Crippen LogP contribution in [-0.2, 0) is 6.54 Å². The Morgan fingerprint density at radius 2 is 2.19 bits per heavy atom. The molecule has 1 N–H and O–H groups in total. The van der Waals surface area contributed by atoms with Gasteiger partial charge >= 0.3 is 0 Å². The van der Waals surface area contributed by atoms with Crippen LogP contribution < -0.4 is 5.32 Å². The number of hydrogen-bond acceptors (Lipinski definition) is 2. The third kappa shape index (κ3) is 3.87. The number of nitrogens with zero attached hydrogens (tertiary/aromatic N) is 1. The van der Waals surface area contributed by atoms with E-state index in [1.165, 1.54) is 17.1 Å². The zero-order valence-corrected chi connectivity index (χ0v) is 11.7. The predicted octanol–water partition coefficient (Wildman–Crippen LogP) is 3.16. The van der Waals surface area contributed by atoms with E-state index in [-0.39, 0.29) is 0 Å². The molecule has 1 aromatic heterocycles. The Morgan fingerprint density at radius 3 is 2.75 bits per heavy atom. The minimum absolute atomic E-state index is 0.472. The standard InChI is InChI=1S/C13H24N2S/c1-5-16-9-8-15-7-6-12(10-15)13(14-4)11(2)3/h6-7,10-11,13-14H,5,8-9H2,1-4H3. The SMILES string of the molecule is CCSCCn1ccc(C(NC)C(C)C)c1. The molecule has 16 heavy (non-hydrogen) atoms. The van der Waals surface area contributed by atoms with Crippen molar-refractivity contribution in [2.24, 2.45) is 5.92 Å². The second-order valence-corrected chi connectivity index (χ2v) is 5.78. The van der Waals surface area contributed by atoms with Crippen LogP contribution in [0.1, 0.15) is 32.4 Å². The third-order valence-corrected chi connectivity index (χ3v) is 3.69. The van der Waals surface area contributed by atoms with Crippen LogP contribution in [-0.4, -0.2) is 23.1 Å². The van der Waals surface area contributed by atoms with Crippen LogP contribution >= 0.6 is 11.8 Å². The smallest absolute Gasteiger partial charge is 0.0355 e. The van der Waals surface area contributed by atoms with Crippen LogP contribution in [0.15, 0.2) is 18.5 Å². The molecule has 1 aromatic rings. The van der Waals surface area contributed by atoms with E-state index in [4.69, 9.17) is 0 Å². The fraction of sp³-hybridized carbons (Fsp3) is 0.692. The lowest BCUT2D eigenvalue weighted by Crippen LogP contribution is -2.21. The van der Waals surface area contributed by atoms with Gasteiger partial charge in [0.2, 0.25) is 0 Å². The van der Waals surface area contributed by atoms with Crippen molar-refractivity contribution >= 4 is 11.8 Å². The Morgan fingerprint density at radius 1 is 1.44 bits per heavy atom. The maximum absolute atomic E-state index is 3.38. The van der Waals surface area contributed by atoms with Gasteiger partial charge in [-0.25, -0.2) is 0 Å². The molecule has 1 heterocycles. The van der Waals surface area contributed by atoms with Crippen molar-refractivity contribution in [3.8, 4) is 0 Å². The highest BCUT2D eigenvalue weighted by molar-refractivity contribution is 7.99. The maximum Gasteiger partial charge on any atom is 0.0355 e. The van der Waals surface area contributed by atoms with E-state index in [0.717, 1.165) is 6.54 Å². The van der Waals surface area contributed by atoms with Crippen LogP contribution in [0, 0.1) is 5.92 Å². The lowest BCUT2D eigenvalue weighted by Gasteiger charge is -2.18. The molecule has 1 rings (SSSR count). The summed E-state index contributed by atoms with van der Waals surface area (Å²) in [7, 11) is 2.04. The molecular formula is C13H24N2S. The molecule has 0 fully saturated rings. The first kappa shape index (κ1) is 13.7. The van der Waals surface area contributed by atoms with Gasteiger partial charge in [-0.1, -0.05) is 20.8 Å². The minimum Gasteiger partial charge on any atom is -0.353 e. The summed E-state index contributed by atoms with van der Waals surface area (Å²) in [6.45, 7) is 7.84. The highest BCUT2D eigenvalue weighted by atomic mass is 32.2. The zero-order valence-electron chi connectivity index (χ0n) is 10.9. The van der Waals surface area contributed by atoms with Crippen molar-refractivity contribution in [1.82, 2.24) is 9.88 Å². The van der Waals surface area contributed by atoms with E-state index >= 15 is 0 Å². The van der Waals surface area contributed by atoms with Crippen molar-refractivity contribution < 1.29 is 0 Å². The molecule has 0 amide bonds. The van der Waals surface area contributed by atoms with E-state index in [1.54, 1.807) is 0 Å². The van der Waals surface area contributed by atoms with Crippen molar-refractivity contribution in [1.29, 1.82) is 0 Å². The molecule has 0 aliphatic carbocycles. The molecule has 0 spiro atoms. The van der Waals surface area contributed by atoms with Crippen molar-refractivity contribution in [3.05, 3.63) is 24.0 Å². The Bertz CT molecular complexity index is 294. The second-order valence-electron chi connectivity index (χ2n) is 4.39. The molecular weight excluding hydrogens is 216 g/mol. The molecule has 0 saturated carbocycles. The average molecular weight is 240 g/mol. The number of thioether (sulfide) groups is 1. The molecule has 0 bridgehead atoms. The average Bonchev–Trinajstić information content (AvgIpc) is 2.67. The van der Waals surface area contributed by atoms with Gasteiger partial charge in [0.15, 0.2) is 0 Å². The number of aryl methyl sites for hydroxylation is 1. The first-order valence-electron chi connectivity index (χ1n) is 6.09. The summed E-state index contributed by atoms with van der Waals surface area (Å²) >= 11 is 2.00. The summed E-state index contributed by atoms with van der Waals surface area (Å²) in [5, 5.41) is 3.38. The second kappa shape index (κ2) is 7.02. The van der Waals surface area contributed by atoms with Crippen LogP contribution in [0.3, 0.4) is 0 Å². The highest BCUT2D eigenvalue weighted by Gasteiger charge is 2.14. The van der Waals surface area contributed by atoms with Gasteiger partial charge in [-0.3, -0.25) is 0 Å². The molecule has 2 nitrogen and oxygen atoms in total. The molecule has 0 aliphatic rings. The van der Waals surface area contributed by atoms with Gasteiger partial charge in [0, 0.05) is 30.7 Å². The molecule has 0 saturated heterocycles. The summed E-state index contributed by atoms with van der Waals surface area (Å²) in [5.41, 5.74) is 1.40. The number of aromatic nitrogens is 1. The number of nitrogens with one attached hydrogen (secondary N) is 1. The Labute approximate surface area is 104 Å². The van der Waals surface area contributed by atoms with Crippen LogP contribution in [0.4, 0.5) is 0 Å². The van der Waals surface area contributed by atoms with Crippen molar-refractivity contribution in [3.63, 3.8) is 0 Å². The summed E-state index contributed by atoms with van der Waals surface area (Å²) in [5.74, 6) is 3.04. The molecule has 1 atom stereocenters. The molecule has 92 valence electrons. The van der Waals surface area contributed by atoms with Gasteiger partial charge < -0.3 is 9.88 Å². The van der Waals surface area contributed by atoms with Gasteiger partial charge in [0.05, 0.1) is 0 Å².